The summed E-state index contributed by atoms with van der Waals surface area (Å²) in [5.74, 6) is 0.874. The molecule has 1 nitrogen and oxygen atoms in total. The summed E-state index contributed by atoms with van der Waals surface area (Å²) in [7, 11) is 0. The molecular weight excluding hydrogens is 178 g/mol. The van der Waals surface area contributed by atoms with E-state index < -0.39 is 0 Å². The molecule has 0 spiro atoms. The number of aromatic nitrogens is 1. The molecule has 2 heteroatoms. The van der Waals surface area contributed by atoms with Crippen LogP contribution in [0.4, 0.5) is 0 Å². The van der Waals surface area contributed by atoms with Crippen molar-refractivity contribution in [3.05, 3.63) is 24.0 Å². The molecule has 0 aliphatic heterocycles. The Labute approximate surface area is 84.5 Å². The van der Waals surface area contributed by atoms with Crippen LogP contribution in [0.3, 0.4) is 0 Å². The monoisotopic (exact) mass is 195 g/mol. The highest BCUT2D eigenvalue weighted by atomic mass is 32.2. The summed E-state index contributed by atoms with van der Waals surface area (Å²) in [5, 5.41) is 0. The van der Waals surface area contributed by atoms with Crippen LogP contribution in [-0.4, -0.2) is 10.8 Å². The van der Waals surface area contributed by atoms with Gasteiger partial charge in [0, 0.05) is 12.4 Å². The minimum atomic E-state index is 0.202. The third-order valence-electron chi connectivity index (χ3n) is 2.89. The zero-order valence-corrected chi connectivity index (χ0v) is 9.40. The Kier molecular flexibility index (Phi) is 2.18. The highest BCUT2D eigenvalue weighted by molar-refractivity contribution is 7.99. The average molecular weight is 195 g/mol. The fourth-order valence-corrected chi connectivity index (χ4v) is 1.84. The Morgan fingerprint density at radius 1 is 1.46 bits per heavy atom. The lowest BCUT2D eigenvalue weighted by molar-refractivity contribution is 0.540. The number of thioether (sulfide) groups is 1. The molecule has 0 amide bonds. The van der Waals surface area contributed by atoms with E-state index in [2.05, 4.69) is 43.1 Å². The molecule has 1 aromatic heterocycles. The van der Waals surface area contributed by atoms with E-state index in [1.165, 1.54) is 18.4 Å². The van der Waals surface area contributed by atoms with Crippen LogP contribution in [0, 0.1) is 0 Å². The quantitative estimate of drug-likeness (QED) is 0.715. The molecule has 13 heavy (non-hydrogen) atoms. The molecule has 1 saturated carbocycles. The van der Waals surface area contributed by atoms with Crippen molar-refractivity contribution in [3.63, 3.8) is 0 Å². The Balaban J connectivity index is 2.20. The lowest BCUT2D eigenvalue weighted by Crippen LogP contribution is -2.19. The van der Waals surface area contributed by atoms with Crippen molar-refractivity contribution in [2.75, 3.05) is 6.26 Å². The highest BCUT2D eigenvalue weighted by Crippen LogP contribution is 2.41. The number of hydrogen-bond acceptors (Lipinski definition) is 1. The maximum Gasteiger partial charge on any atom is 0.0838 e. The Hall–Kier alpha value is -0.370. The van der Waals surface area contributed by atoms with Crippen molar-refractivity contribution in [1.29, 1.82) is 0 Å². The fraction of sp³-hybridized carbons (Fsp3) is 0.636. The Morgan fingerprint density at radius 3 is 2.69 bits per heavy atom. The minimum Gasteiger partial charge on any atom is -0.340 e. The van der Waals surface area contributed by atoms with Crippen LogP contribution in [0.5, 0.6) is 0 Å². The molecular formula is C11H17NS. The number of hydrogen-bond donors (Lipinski definition) is 0. The van der Waals surface area contributed by atoms with Gasteiger partial charge in [0.2, 0.25) is 0 Å². The molecule has 0 N–H and O–H groups in total. The summed E-state index contributed by atoms with van der Waals surface area (Å²) in [6.45, 7) is 4.52. The second kappa shape index (κ2) is 3.09. The van der Waals surface area contributed by atoms with E-state index in [4.69, 9.17) is 0 Å². The second-order valence-electron chi connectivity index (χ2n) is 4.28. The van der Waals surface area contributed by atoms with Gasteiger partial charge >= 0.3 is 0 Å². The zero-order chi connectivity index (χ0) is 9.47. The van der Waals surface area contributed by atoms with Crippen LogP contribution < -0.4 is 0 Å². The van der Waals surface area contributed by atoms with Crippen molar-refractivity contribution >= 4 is 11.8 Å². The van der Waals surface area contributed by atoms with Crippen LogP contribution in [0.2, 0.25) is 0 Å². The molecule has 2 rings (SSSR count). The van der Waals surface area contributed by atoms with Gasteiger partial charge in [-0.1, -0.05) is 0 Å². The van der Waals surface area contributed by atoms with Gasteiger partial charge in [-0.3, -0.25) is 0 Å². The van der Waals surface area contributed by atoms with Gasteiger partial charge in [0.15, 0.2) is 0 Å². The highest BCUT2D eigenvalue weighted by Gasteiger charge is 2.26. The van der Waals surface area contributed by atoms with E-state index in [9.17, 15) is 0 Å². The molecule has 1 aliphatic carbocycles. The van der Waals surface area contributed by atoms with E-state index in [1.807, 2.05) is 11.8 Å². The second-order valence-corrected chi connectivity index (χ2v) is 5.68. The van der Waals surface area contributed by atoms with Gasteiger partial charge < -0.3 is 4.57 Å². The average Bonchev–Trinajstić information content (AvgIpc) is 2.83. The summed E-state index contributed by atoms with van der Waals surface area (Å²) in [6.07, 6.45) is 9.47. The van der Waals surface area contributed by atoms with Gasteiger partial charge in [-0.05, 0) is 50.5 Å². The first kappa shape index (κ1) is 9.20. The number of nitrogens with zero attached hydrogens (tertiary/aromatic N) is 1. The summed E-state index contributed by atoms with van der Waals surface area (Å²) in [4.78, 5) is 0.202. The molecule has 0 aromatic carbocycles. The largest absolute Gasteiger partial charge is 0.340 e. The van der Waals surface area contributed by atoms with Crippen LogP contribution in [0.25, 0.3) is 0 Å². The third kappa shape index (κ3) is 1.78. The molecule has 0 unspecified atom stereocenters. The fourth-order valence-electron chi connectivity index (χ4n) is 1.51. The van der Waals surface area contributed by atoms with Crippen LogP contribution in [0.1, 0.15) is 38.2 Å². The smallest absolute Gasteiger partial charge is 0.0838 e. The SMILES string of the molecule is CSC(C)(C)n1ccc(C2CC2)c1. The Morgan fingerprint density at radius 2 is 2.15 bits per heavy atom. The van der Waals surface area contributed by atoms with Crippen molar-refractivity contribution in [2.45, 2.75) is 37.5 Å². The first-order chi connectivity index (χ1) is 6.13. The third-order valence-corrected chi connectivity index (χ3v) is 4.10. The normalized spacial score (nSPS) is 17.8. The van der Waals surface area contributed by atoms with Gasteiger partial charge in [0.05, 0.1) is 4.87 Å². The molecule has 0 bridgehead atoms. The van der Waals surface area contributed by atoms with Crippen molar-refractivity contribution in [1.82, 2.24) is 4.57 Å². The molecule has 1 aliphatic rings. The first-order valence-electron chi connectivity index (χ1n) is 4.87. The van der Waals surface area contributed by atoms with Gasteiger partial charge in [0.1, 0.15) is 0 Å². The van der Waals surface area contributed by atoms with E-state index in [1.54, 1.807) is 0 Å². The summed E-state index contributed by atoms with van der Waals surface area (Å²) >= 11 is 1.89. The summed E-state index contributed by atoms with van der Waals surface area (Å²) < 4.78 is 2.32. The summed E-state index contributed by atoms with van der Waals surface area (Å²) in [5.41, 5.74) is 1.53. The van der Waals surface area contributed by atoms with Crippen molar-refractivity contribution in [3.8, 4) is 0 Å². The molecule has 0 radical (unpaired) electrons. The van der Waals surface area contributed by atoms with E-state index in [-0.39, 0.29) is 4.87 Å². The lowest BCUT2D eigenvalue weighted by Gasteiger charge is -2.24. The van der Waals surface area contributed by atoms with E-state index in [0.29, 0.717) is 0 Å². The molecule has 72 valence electrons. The lowest BCUT2D eigenvalue weighted by atomic mass is 10.2. The predicted octanol–water partition coefficient (Wildman–Crippen LogP) is 3.42. The molecule has 1 aromatic rings. The van der Waals surface area contributed by atoms with E-state index in [0.717, 1.165) is 5.92 Å². The van der Waals surface area contributed by atoms with Crippen molar-refractivity contribution < 1.29 is 0 Å². The van der Waals surface area contributed by atoms with Gasteiger partial charge in [-0.15, -0.1) is 11.8 Å². The summed E-state index contributed by atoms with van der Waals surface area (Å²) in [6, 6.07) is 2.27. The maximum absolute atomic E-state index is 2.32. The van der Waals surface area contributed by atoms with Gasteiger partial charge in [0.25, 0.3) is 0 Å². The van der Waals surface area contributed by atoms with Crippen LogP contribution in [-0.2, 0) is 4.87 Å². The molecule has 0 atom stereocenters. The van der Waals surface area contributed by atoms with Crippen LogP contribution >= 0.6 is 11.8 Å². The standard InChI is InChI=1S/C11H17NS/c1-11(2,13-3)12-7-6-10(8-12)9-4-5-9/h6-9H,4-5H2,1-3H3. The zero-order valence-electron chi connectivity index (χ0n) is 8.58. The van der Waals surface area contributed by atoms with E-state index >= 15 is 0 Å². The first-order valence-corrected chi connectivity index (χ1v) is 6.09. The molecule has 1 heterocycles. The molecule has 0 saturated heterocycles. The van der Waals surface area contributed by atoms with Gasteiger partial charge in [-0.2, -0.15) is 0 Å². The predicted molar refractivity (Wildman–Crippen MR) is 59.2 cm³/mol. The number of rotatable bonds is 3. The molecule has 1 fully saturated rings. The topological polar surface area (TPSA) is 4.93 Å². The minimum absolute atomic E-state index is 0.202. The maximum atomic E-state index is 2.32. The van der Waals surface area contributed by atoms with Crippen LogP contribution in [0.15, 0.2) is 18.5 Å². The Bertz CT molecular complexity index is 297. The van der Waals surface area contributed by atoms with Crippen molar-refractivity contribution in [2.24, 2.45) is 0 Å². The van der Waals surface area contributed by atoms with Gasteiger partial charge in [-0.25, -0.2) is 0 Å².